The van der Waals surface area contributed by atoms with E-state index in [0.29, 0.717) is 25.1 Å². The van der Waals surface area contributed by atoms with Crippen LogP contribution in [0.2, 0.25) is 0 Å². The van der Waals surface area contributed by atoms with Crippen molar-refractivity contribution in [2.75, 3.05) is 12.4 Å². The van der Waals surface area contributed by atoms with Gasteiger partial charge in [-0.2, -0.15) is 0 Å². The molecule has 1 unspecified atom stereocenters. The molecule has 3 rings (SSSR count). The number of carbonyl (C=O) groups is 1. The quantitative estimate of drug-likeness (QED) is 0.893. The van der Waals surface area contributed by atoms with E-state index in [-0.39, 0.29) is 11.5 Å². The highest BCUT2D eigenvalue weighted by molar-refractivity contribution is 5.99. The molecule has 0 saturated heterocycles. The third kappa shape index (κ3) is 2.59. The van der Waals surface area contributed by atoms with E-state index >= 15 is 0 Å². The molecule has 1 aromatic carbocycles. The molecule has 6 nitrogen and oxygen atoms in total. The van der Waals surface area contributed by atoms with E-state index in [2.05, 4.69) is 5.32 Å². The van der Waals surface area contributed by atoms with Crippen LogP contribution >= 0.6 is 0 Å². The molecule has 6 heteroatoms. The largest absolute Gasteiger partial charge is 0.496 e. The number of amides is 1. The SMILES string of the molecule is CCn1cc(NC(=O)C2(N)CCc3c(OC)cccc32)ccc1=O. The number of nitrogens with one attached hydrogen (secondary N) is 1. The van der Waals surface area contributed by atoms with E-state index < -0.39 is 5.54 Å². The third-order valence-electron chi connectivity index (χ3n) is 4.59. The monoisotopic (exact) mass is 327 g/mol. The van der Waals surface area contributed by atoms with Gasteiger partial charge in [0.2, 0.25) is 5.91 Å². The molecule has 0 radical (unpaired) electrons. The van der Waals surface area contributed by atoms with Crippen molar-refractivity contribution in [1.82, 2.24) is 4.57 Å². The van der Waals surface area contributed by atoms with Crippen molar-refractivity contribution in [2.45, 2.75) is 31.8 Å². The van der Waals surface area contributed by atoms with Gasteiger partial charge >= 0.3 is 0 Å². The fraction of sp³-hybridized carbons (Fsp3) is 0.333. The predicted octanol–water partition coefficient (Wildman–Crippen LogP) is 1.62. The van der Waals surface area contributed by atoms with Crippen LogP contribution in [0, 0.1) is 0 Å². The molecule has 0 aliphatic heterocycles. The van der Waals surface area contributed by atoms with Crippen molar-refractivity contribution in [1.29, 1.82) is 0 Å². The number of nitrogens with zero attached hydrogens (tertiary/aromatic N) is 1. The van der Waals surface area contributed by atoms with Crippen LogP contribution in [-0.2, 0) is 23.3 Å². The van der Waals surface area contributed by atoms with Gasteiger partial charge in [-0.3, -0.25) is 9.59 Å². The molecule has 1 amide bonds. The van der Waals surface area contributed by atoms with E-state index in [0.717, 1.165) is 16.9 Å². The van der Waals surface area contributed by atoms with Crippen molar-refractivity contribution in [3.63, 3.8) is 0 Å². The number of methoxy groups -OCH3 is 1. The van der Waals surface area contributed by atoms with Crippen LogP contribution in [-0.4, -0.2) is 17.6 Å². The lowest BCUT2D eigenvalue weighted by Gasteiger charge is -2.24. The number of aryl methyl sites for hydroxylation is 1. The molecule has 1 aliphatic carbocycles. The molecule has 0 spiro atoms. The lowest BCUT2D eigenvalue weighted by molar-refractivity contribution is -0.121. The Labute approximate surface area is 140 Å². The normalized spacial score (nSPS) is 19.0. The van der Waals surface area contributed by atoms with Crippen LogP contribution in [0.4, 0.5) is 5.69 Å². The summed E-state index contributed by atoms with van der Waals surface area (Å²) < 4.78 is 6.90. The van der Waals surface area contributed by atoms with Crippen LogP contribution in [0.15, 0.2) is 41.3 Å². The lowest BCUT2D eigenvalue weighted by atomic mass is 9.91. The summed E-state index contributed by atoms with van der Waals surface area (Å²) in [5, 5.41) is 2.84. The highest BCUT2D eigenvalue weighted by Gasteiger charge is 2.43. The van der Waals surface area contributed by atoms with Gasteiger partial charge in [-0.15, -0.1) is 0 Å². The van der Waals surface area contributed by atoms with Crippen molar-refractivity contribution >= 4 is 11.6 Å². The Bertz CT molecular complexity index is 844. The Morgan fingerprint density at radius 1 is 1.38 bits per heavy atom. The number of carbonyl (C=O) groups excluding carboxylic acids is 1. The zero-order valence-corrected chi connectivity index (χ0v) is 13.8. The van der Waals surface area contributed by atoms with Crippen LogP contribution in [0.25, 0.3) is 0 Å². The van der Waals surface area contributed by atoms with Gasteiger partial charge < -0.3 is 20.4 Å². The second kappa shape index (κ2) is 6.13. The summed E-state index contributed by atoms with van der Waals surface area (Å²) in [6.45, 7) is 2.41. The van der Waals surface area contributed by atoms with Gasteiger partial charge in [0.25, 0.3) is 5.56 Å². The minimum absolute atomic E-state index is 0.103. The topological polar surface area (TPSA) is 86.3 Å². The molecule has 1 atom stereocenters. The number of anilines is 1. The van der Waals surface area contributed by atoms with E-state index in [4.69, 9.17) is 10.5 Å². The number of fused-ring (bicyclic) bond motifs is 1. The first-order valence-corrected chi connectivity index (χ1v) is 7.96. The summed E-state index contributed by atoms with van der Waals surface area (Å²) in [7, 11) is 1.61. The number of ether oxygens (including phenoxy) is 1. The first-order valence-electron chi connectivity index (χ1n) is 7.96. The summed E-state index contributed by atoms with van der Waals surface area (Å²) in [5.41, 5.74) is 7.58. The van der Waals surface area contributed by atoms with Crippen molar-refractivity contribution in [3.8, 4) is 5.75 Å². The standard InChI is InChI=1S/C18H21N3O3/c1-3-21-11-12(7-8-16(21)22)20-17(23)18(19)10-9-13-14(18)5-4-6-15(13)24-2/h4-8,11H,3,9-10,19H2,1-2H3,(H,20,23). The van der Waals surface area contributed by atoms with Crippen molar-refractivity contribution < 1.29 is 9.53 Å². The highest BCUT2D eigenvalue weighted by Crippen LogP contribution is 2.40. The number of benzene rings is 1. The Balaban J connectivity index is 1.91. The molecule has 3 N–H and O–H groups in total. The zero-order chi connectivity index (χ0) is 17.3. The second-order valence-corrected chi connectivity index (χ2v) is 5.95. The third-order valence-corrected chi connectivity index (χ3v) is 4.59. The van der Waals surface area contributed by atoms with Gasteiger partial charge in [-0.05, 0) is 43.0 Å². The summed E-state index contributed by atoms with van der Waals surface area (Å²) in [6, 6.07) is 8.62. The number of rotatable bonds is 4. The Kier molecular flexibility index (Phi) is 4.15. The summed E-state index contributed by atoms with van der Waals surface area (Å²) in [4.78, 5) is 24.5. The van der Waals surface area contributed by atoms with E-state index in [9.17, 15) is 9.59 Å². The maximum absolute atomic E-state index is 12.8. The number of aromatic nitrogens is 1. The Morgan fingerprint density at radius 3 is 2.88 bits per heavy atom. The number of nitrogens with two attached hydrogens (primary N) is 1. The molecule has 0 fully saturated rings. The van der Waals surface area contributed by atoms with Gasteiger partial charge in [0, 0.05) is 18.8 Å². The molecule has 0 saturated carbocycles. The smallest absolute Gasteiger partial charge is 0.250 e. The molecule has 1 aliphatic rings. The molecule has 126 valence electrons. The van der Waals surface area contributed by atoms with Gasteiger partial charge in [0.1, 0.15) is 11.3 Å². The van der Waals surface area contributed by atoms with E-state index in [1.165, 1.54) is 10.6 Å². The maximum Gasteiger partial charge on any atom is 0.250 e. The summed E-state index contributed by atoms with van der Waals surface area (Å²) in [6.07, 6.45) is 2.84. The zero-order valence-electron chi connectivity index (χ0n) is 13.8. The fourth-order valence-electron chi connectivity index (χ4n) is 3.22. The average molecular weight is 327 g/mol. The van der Waals surface area contributed by atoms with E-state index in [1.54, 1.807) is 19.4 Å². The Hall–Kier alpha value is -2.60. The van der Waals surface area contributed by atoms with Crippen LogP contribution in [0.3, 0.4) is 0 Å². The average Bonchev–Trinajstić information content (AvgIpc) is 2.95. The maximum atomic E-state index is 12.8. The molecule has 0 bridgehead atoms. The van der Waals surface area contributed by atoms with Gasteiger partial charge in [0.05, 0.1) is 12.8 Å². The molecular weight excluding hydrogens is 306 g/mol. The lowest BCUT2D eigenvalue weighted by Crippen LogP contribution is -2.46. The van der Waals surface area contributed by atoms with Gasteiger partial charge in [-0.25, -0.2) is 0 Å². The molecule has 2 aromatic rings. The minimum atomic E-state index is -1.10. The van der Waals surface area contributed by atoms with Crippen molar-refractivity contribution in [3.05, 3.63) is 58.0 Å². The molecule has 24 heavy (non-hydrogen) atoms. The molecule has 1 aromatic heterocycles. The predicted molar refractivity (Wildman–Crippen MR) is 92.2 cm³/mol. The summed E-state index contributed by atoms with van der Waals surface area (Å²) in [5.74, 6) is 0.475. The van der Waals surface area contributed by atoms with E-state index in [1.807, 2.05) is 25.1 Å². The number of hydrogen-bond donors (Lipinski definition) is 2. The molecule has 1 heterocycles. The second-order valence-electron chi connectivity index (χ2n) is 5.95. The Morgan fingerprint density at radius 2 is 2.17 bits per heavy atom. The van der Waals surface area contributed by atoms with Gasteiger partial charge in [0.15, 0.2) is 0 Å². The fourth-order valence-corrected chi connectivity index (χ4v) is 3.22. The number of pyridine rings is 1. The first-order chi connectivity index (χ1) is 11.5. The number of hydrogen-bond acceptors (Lipinski definition) is 4. The minimum Gasteiger partial charge on any atom is -0.496 e. The van der Waals surface area contributed by atoms with Gasteiger partial charge in [-0.1, -0.05) is 12.1 Å². The van der Waals surface area contributed by atoms with Crippen LogP contribution < -0.4 is 21.3 Å². The van der Waals surface area contributed by atoms with Crippen LogP contribution in [0.1, 0.15) is 24.5 Å². The highest BCUT2D eigenvalue weighted by atomic mass is 16.5. The molecular formula is C18H21N3O3. The first kappa shape index (κ1) is 16.3. The van der Waals surface area contributed by atoms with Crippen LogP contribution in [0.5, 0.6) is 5.75 Å². The summed E-state index contributed by atoms with van der Waals surface area (Å²) >= 11 is 0. The van der Waals surface area contributed by atoms with Crippen molar-refractivity contribution in [2.24, 2.45) is 5.73 Å².